The van der Waals surface area contributed by atoms with Crippen molar-refractivity contribution >= 4 is 17.6 Å². The minimum absolute atomic E-state index is 0.0230. The van der Waals surface area contributed by atoms with Crippen LogP contribution in [-0.4, -0.2) is 35.0 Å². The summed E-state index contributed by atoms with van der Waals surface area (Å²) in [5, 5.41) is 8.71. The summed E-state index contributed by atoms with van der Waals surface area (Å²) in [6.07, 6.45) is 0.669. The molecule has 1 heterocycles. The monoisotopic (exact) mass is 266 g/mol. The number of benzene rings is 1. The van der Waals surface area contributed by atoms with Crippen LogP contribution in [0.4, 0.5) is 10.1 Å². The van der Waals surface area contributed by atoms with Gasteiger partial charge in [-0.3, -0.25) is 9.59 Å². The number of rotatable bonds is 3. The summed E-state index contributed by atoms with van der Waals surface area (Å²) in [6.45, 7) is 0.815. The summed E-state index contributed by atoms with van der Waals surface area (Å²) in [5.41, 5.74) is 5.67. The maximum atomic E-state index is 13.6. The van der Waals surface area contributed by atoms with E-state index in [0.717, 1.165) is 6.07 Å². The fraction of sp³-hybridized carbons (Fsp3) is 0.385. The lowest BCUT2D eigenvalue weighted by atomic mass is 10.1. The molecule has 1 amide bonds. The fourth-order valence-corrected chi connectivity index (χ4v) is 2.31. The van der Waals surface area contributed by atoms with Gasteiger partial charge in [0.1, 0.15) is 5.82 Å². The number of nitrogens with zero attached hydrogens (tertiary/aromatic N) is 1. The Balaban J connectivity index is 2.07. The van der Waals surface area contributed by atoms with E-state index in [1.165, 1.54) is 17.0 Å². The highest BCUT2D eigenvalue weighted by molar-refractivity contribution is 5.95. The van der Waals surface area contributed by atoms with Crippen LogP contribution in [0.1, 0.15) is 23.2 Å². The van der Waals surface area contributed by atoms with Gasteiger partial charge < -0.3 is 15.7 Å². The van der Waals surface area contributed by atoms with Crippen LogP contribution in [0, 0.1) is 11.7 Å². The molecule has 1 fully saturated rings. The second-order valence-electron chi connectivity index (χ2n) is 4.74. The number of carbonyl (C=O) groups excluding carboxylic acids is 1. The van der Waals surface area contributed by atoms with E-state index in [4.69, 9.17) is 10.8 Å². The number of halogens is 1. The van der Waals surface area contributed by atoms with E-state index in [-0.39, 0.29) is 23.6 Å². The molecule has 0 radical (unpaired) electrons. The third-order valence-electron chi connectivity index (χ3n) is 3.26. The van der Waals surface area contributed by atoms with Crippen molar-refractivity contribution in [3.63, 3.8) is 0 Å². The maximum Gasteiger partial charge on any atom is 0.303 e. The van der Waals surface area contributed by atoms with Crippen LogP contribution in [0.25, 0.3) is 0 Å². The van der Waals surface area contributed by atoms with E-state index in [1.807, 2.05) is 0 Å². The molecule has 1 aliphatic heterocycles. The van der Waals surface area contributed by atoms with Gasteiger partial charge in [0, 0.05) is 25.2 Å². The lowest BCUT2D eigenvalue weighted by Crippen LogP contribution is -2.29. The van der Waals surface area contributed by atoms with Crippen LogP contribution in [0.15, 0.2) is 18.2 Å². The molecule has 1 atom stereocenters. The zero-order valence-electron chi connectivity index (χ0n) is 10.3. The van der Waals surface area contributed by atoms with Gasteiger partial charge in [-0.1, -0.05) is 0 Å². The normalized spacial score (nSPS) is 18.6. The Hall–Kier alpha value is -2.11. The summed E-state index contributed by atoms with van der Waals surface area (Å²) in [5.74, 6) is -1.99. The summed E-state index contributed by atoms with van der Waals surface area (Å²) in [7, 11) is 0. The number of hydrogen-bond acceptors (Lipinski definition) is 3. The Morgan fingerprint density at radius 2 is 2.21 bits per heavy atom. The largest absolute Gasteiger partial charge is 0.481 e. The standard InChI is InChI=1S/C13H15FN2O3/c14-11-6-9(15)1-2-10(11)13(19)16-4-3-8(7-16)5-12(17)18/h1-2,6,8H,3-5,7,15H2,(H,17,18). The van der Waals surface area contributed by atoms with E-state index < -0.39 is 17.7 Å². The number of likely N-dealkylation sites (tertiary alicyclic amines) is 1. The van der Waals surface area contributed by atoms with E-state index in [9.17, 15) is 14.0 Å². The second-order valence-corrected chi connectivity index (χ2v) is 4.74. The van der Waals surface area contributed by atoms with Crippen molar-refractivity contribution in [2.75, 3.05) is 18.8 Å². The van der Waals surface area contributed by atoms with Crippen molar-refractivity contribution in [1.29, 1.82) is 0 Å². The van der Waals surface area contributed by atoms with Gasteiger partial charge in [0.25, 0.3) is 5.91 Å². The SMILES string of the molecule is Nc1ccc(C(=O)N2CCC(CC(=O)O)C2)c(F)c1. The number of aliphatic carboxylic acids is 1. The number of carboxylic acid groups (broad SMARTS) is 1. The van der Waals surface area contributed by atoms with E-state index in [1.54, 1.807) is 0 Å². The Morgan fingerprint density at radius 3 is 2.84 bits per heavy atom. The number of carbonyl (C=O) groups is 2. The first kappa shape index (κ1) is 13.3. The molecule has 1 aliphatic rings. The molecule has 1 unspecified atom stereocenters. The highest BCUT2D eigenvalue weighted by Crippen LogP contribution is 2.23. The Labute approximate surface area is 109 Å². The van der Waals surface area contributed by atoms with Crippen LogP contribution >= 0.6 is 0 Å². The minimum Gasteiger partial charge on any atom is -0.481 e. The Kier molecular flexibility index (Phi) is 3.69. The molecule has 6 heteroatoms. The van der Waals surface area contributed by atoms with Gasteiger partial charge in [0.2, 0.25) is 0 Å². The van der Waals surface area contributed by atoms with Gasteiger partial charge in [-0.25, -0.2) is 4.39 Å². The topological polar surface area (TPSA) is 83.6 Å². The summed E-state index contributed by atoms with van der Waals surface area (Å²) in [4.78, 5) is 24.2. The number of nitrogen functional groups attached to an aromatic ring is 1. The molecular weight excluding hydrogens is 251 g/mol. The van der Waals surface area contributed by atoms with Gasteiger partial charge in [0.05, 0.1) is 5.56 Å². The van der Waals surface area contributed by atoms with Gasteiger partial charge in [0.15, 0.2) is 0 Å². The van der Waals surface area contributed by atoms with E-state index >= 15 is 0 Å². The van der Waals surface area contributed by atoms with Crippen molar-refractivity contribution in [3.05, 3.63) is 29.6 Å². The molecule has 1 aromatic carbocycles. The Morgan fingerprint density at radius 1 is 1.47 bits per heavy atom. The molecule has 3 N–H and O–H groups in total. The highest BCUT2D eigenvalue weighted by Gasteiger charge is 2.29. The van der Waals surface area contributed by atoms with Crippen LogP contribution in [0.2, 0.25) is 0 Å². The number of amides is 1. The zero-order chi connectivity index (χ0) is 14.0. The quantitative estimate of drug-likeness (QED) is 0.809. The fourth-order valence-electron chi connectivity index (χ4n) is 2.31. The molecule has 0 bridgehead atoms. The van der Waals surface area contributed by atoms with E-state index in [2.05, 4.69) is 0 Å². The average Bonchev–Trinajstić information content (AvgIpc) is 2.75. The third kappa shape index (κ3) is 3.01. The predicted molar refractivity (Wildman–Crippen MR) is 67.1 cm³/mol. The minimum atomic E-state index is -0.877. The first-order chi connectivity index (χ1) is 8.97. The molecule has 0 aliphatic carbocycles. The van der Waals surface area contributed by atoms with Crippen LogP contribution in [-0.2, 0) is 4.79 Å². The maximum absolute atomic E-state index is 13.6. The Bertz CT molecular complexity index is 519. The first-order valence-electron chi connectivity index (χ1n) is 6.03. The van der Waals surface area contributed by atoms with Gasteiger partial charge in [-0.2, -0.15) is 0 Å². The molecule has 5 nitrogen and oxygen atoms in total. The molecule has 19 heavy (non-hydrogen) atoms. The lowest BCUT2D eigenvalue weighted by molar-refractivity contribution is -0.138. The van der Waals surface area contributed by atoms with Crippen LogP contribution in [0.5, 0.6) is 0 Å². The molecule has 0 aromatic heterocycles. The first-order valence-corrected chi connectivity index (χ1v) is 6.03. The smallest absolute Gasteiger partial charge is 0.303 e. The molecule has 2 rings (SSSR count). The molecular formula is C13H15FN2O3. The predicted octanol–water partition coefficient (Wildman–Crippen LogP) is 1.34. The summed E-state index contributed by atoms with van der Waals surface area (Å²) in [6, 6.07) is 3.94. The van der Waals surface area contributed by atoms with Crippen LogP contribution in [0.3, 0.4) is 0 Å². The van der Waals surface area contributed by atoms with Crippen molar-refractivity contribution in [3.8, 4) is 0 Å². The van der Waals surface area contributed by atoms with Crippen molar-refractivity contribution in [2.24, 2.45) is 5.92 Å². The third-order valence-corrected chi connectivity index (χ3v) is 3.26. The molecule has 102 valence electrons. The lowest BCUT2D eigenvalue weighted by Gasteiger charge is -2.16. The van der Waals surface area contributed by atoms with Crippen molar-refractivity contribution in [2.45, 2.75) is 12.8 Å². The number of anilines is 1. The molecule has 1 aromatic rings. The average molecular weight is 266 g/mol. The molecule has 0 saturated carbocycles. The van der Waals surface area contributed by atoms with Crippen molar-refractivity contribution in [1.82, 2.24) is 4.90 Å². The number of hydrogen-bond donors (Lipinski definition) is 2. The summed E-state index contributed by atoms with van der Waals surface area (Å²) < 4.78 is 13.6. The van der Waals surface area contributed by atoms with Crippen molar-refractivity contribution < 1.29 is 19.1 Å². The zero-order valence-corrected chi connectivity index (χ0v) is 10.3. The van der Waals surface area contributed by atoms with Gasteiger partial charge >= 0.3 is 5.97 Å². The molecule has 0 spiro atoms. The number of carboxylic acids is 1. The highest BCUT2D eigenvalue weighted by atomic mass is 19.1. The second kappa shape index (κ2) is 5.26. The number of nitrogens with two attached hydrogens (primary N) is 1. The summed E-state index contributed by atoms with van der Waals surface area (Å²) >= 11 is 0. The van der Waals surface area contributed by atoms with Gasteiger partial charge in [-0.15, -0.1) is 0 Å². The molecule has 1 saturated heterocycles. The van der Waals surface area contributed by atoms with E-state index in [0.29, 0.717) is 19.5 Å². The van der Waals surface area contributed by atoms with Crippen LogP contribution < -0.4 is 5.73 Å². The van der Waals surface area contributed by atoms with Gasteiger partial charge in [-0.05, 0) is 30.5 Å².